The number of ether oxygens (including phenoxy) is 1. The van der Waals surface area contributed by atoms with Gasteiger partial charge in [0.1, 0.15) is 5.52 Å². The molecule has 0 saturated carbocycles. The van der Waals surface area contributed by atoms with Crippen LogP contribution in [0.25, 0.3) is 22.6 Å². The molecule has 2 atom stereocenters. The van der Waals surface area contributed by atoms with Gasteiger partial charge in [-0.15, -0.1) is 0 Å². The van der Waals surface area contributed by atoms with Crippen LogP contribution in [0.1, 0.15) is 29.8 Å². The van der Waals surface area contributed by atoms with E-state index in [1.54, 1.807) is 23.7 Å². The fourth-order valence-corrected chi connectivity index (χ4v) is 3.73. The van der Waals surface area contributed by atoms with Gasteiger partial charge < -0.3 is 14.3 Å². The first kappa shape index (κ1) is 26.1. The van der Waals surface area contributed by atoms with Gasteiger partial charge in [-0.25, -0.2) is 15.3 Å². The molecule has 4 rings (SSSR count). The van der Waals surface area contributed by atoms with Gasteiger partial charge in [0.05, 0.1) is 12.2 Å². The number of nitrogens with one attached hydrogen (secondary N) is 1. The molecule has 1 aromatic heterocycles. The number of morpholine rings is 1. The molecule has 1 aliphatic rings. The Kier molecular flexibility index (Phi) is 8.10. The normalized spacial score (nSPS) is 18.6. The Bertz CT molecular complexity index is 1190. The van der Waals surface area contributed by atoms with E-state index < -0.39 is 18.1 Å². The number of nitrogens with zero attached hydrogens (tertiary/aromatic N) is 2. The molecule has 0 bridgehead atoms. The third kappa shape index (κ3) is 7.01. The van der Waals surface area contributed by atoms with Crippen molar-refractivity contribution in [3.05, 3.63) is 53.6 Å². The second-order valence-electron chi connectivity index (χ2n) is 8.10. The van der Waals surface area contributed by atoms with Gasteiger partial charge in [-0.2, -0.15) is 13.2 Å². The topological polar surface area (TPSA) is 125 Å². The van der Waals surface area contributed by atoms with Crippen LogP contribution in [0.2, 0.25) is 0 Å². The van der Waals surface area contributed by atoms with Crippen LogP contribution in [0.4, 0.5) is 13.2 Å². The fraction of sp³-hybridized carbons (Fsp3) is 0.348. The van der Waals surface area contributed by atoms with Crippen LogP contribution in [-0.2, 0) is 16.1 Å². The summed E-state index contributed by atoms with van der Waals surface area (Å²) >= 11 is 0. The number of carbonyl (C=O) groups is 2. The second-order valence-corrected chi connectivity index (χ2v) is 8.10. The Morgan fingerprint density at radius 1 is 1.14 bits per heavy atom. The predicted molar refractivity (Wildman–Crippen MR) is 118 cm³/mol. The Balaban J connectivity index is 0.000000429. The quantitative estimate of drug-likeness (QED) is 0.368. The summed E-state index contributed by atoms with van der Waals surface area (Å²) in [6.07, 6.45) is -4.62. The zero-order chi connectivity index (χ0) is 25.8. The number of carboxylic acids is 1. The molecule has 0 spiro atoms. The molecule has 0 unspecified atom stereocenters. The summed E-state index contributed by atoms with van der Waals surface area (Å²) in [5, 5.41) is 15.9. The molecule has 0 radical (unpaired) electrons. The summed E-state index contributed by atoms with van der Waals surface area (Å²) in [7, 11) is 0. The summed E-state index contributed by atoms with van der Waals surface area (Å²) in [6.45, 7) is 6.86. The summed E-state index contributed by atoms with van der Waals surface area (Å²) in [5.41, 5.74) is 5.17. The maximum absolute atomic E-state index is 11.6. The predicted octanol–water partition coefficient (Wildman–Crippen LogP) is 3.86. The minimum absolute atomic E-state index is 0.231. The first-order chi connectivity index (χ1) is 16.5. The molecule has 1 amide bonds. The number of rotatable bonds is 4. The molecule has 188 valence electrons. The van der Waals surface area contributed by atoms with Crippen LogP contribution >= 0.6 is 0 Å². The lowest BCUT2D eigenvalue weighted by atomic mass is 10.1. The Morgan fingerprint density at radius 2 is 1.80 bits per heavy atom. The standard InChI is InChI=1S/C21H23N3O4.C2HF3O2/c1-13-10-24(11-14(2)27-13)12-15-4-3-5-17(8-15)21-22-18-9-16(20(25)23-26)6-7-19(18)28-21;3-2(4,5)1(6)7/h3-9,13-14,26H,10-12H2,1-2H3,(H,23,25);(H,6,7)/t13-,14+;. The molecule has 9 nitrogen and oxygen atoms in total. The number of aromatic nitrogens is 1. The molecular formula is C23H24F3N3O6. The number of carbonyl (C=O) groups excluding carboxylic acids is 1. The maximum Gasteiger partial charge on any atom is 0.490 e. The number of hydroxylamine groups is 1. The zero-order valence-corrected chi connectivity index (χ0v) is 18.9. The van der Waals surface area contributed by atoms with Crippen LogP contribution in [0, 0.1) is 0 Å². The SMILES string of the molecule is C[C@@H]1CN(Cc2cccc(-c3nc4cc(C(=O)NO)ccc4o3)c2)C[C@H](C)O1.O=C(O)C(F)(F)F. The van der Waals surface area contributed by atoms with E-state index in [9.17, 15) is 18.0 Å². The van der Waals surface area contributed by atoms with Gasteiger partial charge in [0.15, 0.2) is 5.58 Å². The highest BCUT2D eigenvalue weighted by molar-refractivity contribution is 5.96. The van der Waals surface area contributed by atoms with Gasteiger partial charge in [0, 0.05) is 30.8 Å². The Labute approximate surface area is 198 Å². The third-order valence-corrected chi connectivity index (χ3v) is 5.07. The van der Waals surface area contributed by atoms with Crippen molar-refractivity contribution in [1.29, 1.82) is 0 Å². The molecule has 1 aliphatic heterocycles. The van der Waals surface area contributed by atoms with Crippen molar-refractivity contribution >= 4 is 23.0 Å². The van der Waals surface area contributed by atoms with Crippen LogP contribution in [-0.4, -0.2) is 63.5 Å². The number of oxazole rings is 1. The minimum Gasteiger partial charge on any atom is -0.475 e. The first-order valence-electron chi connectivity index (χ1n) is 10.6. The highest BCUT2D eigenvalue weighted by Gasteiger charge is 2.38. The average Bonchev–Trinajstić information content (AvgIpc) is 3.21. The lowest BCUT2D eigenvalue weighted by Crippen LogP contribution is -2.44. The highest BCUT2D eigenvalue weighted by Crippen LogP contribution is 2.26. The van der Waals surface area contributed by atoms with Crippen molar-refractivity contribution in [2.24, 2.45) is 0 Å². The van der Waals surface area contributed by atoms with Gasteiger partial charge in [-0.05, 0) is 49.7 Å². The number of alkyl halides is 3. The summed E-state index contributed by atoms with van der Waals surface area (Å²) < 4.78 is 43.4. The van der Waals surface area contributed by atoms with Gasteiger partial charge in [0.2, 0.25) is 5.89 Å². The van der Waals surface area contributed by atoms with E-state index in [0.29, 0.717) is 22.6 Å². The van der Waals surface area contributed by atoms with E-state index in [0.717, 1.165) is 25.2 Å². The van der Waals surface area contributed by atoms with Crippen molar-refractivity contribution in [2.75, 3.05) is 13.1 Å². The van der Waals surface area contributed by atoms with E-state index in [2.05, 4.69) is 35.9 Å². The Morgan fingerprint density at radius 3 is 2.40 bits per heavy atom. The number of benzene rings is 2. The lowest BCUT2D eigenvalue weighted by Gasteiger charge is -2.35. The molecule has 3 N–H and O–H groups in total. The number of hydrogen-bond acceptors (Lipinski definition) is 7. The van der Waals surface area contributed by atoms with Crippen LogP contribution in [0.5, 0.6) is 0 Å². The molecule has 35 heavy (non-hydrogen) atoms. The van der Waals surface area contributed by atoms with E-state index in [1.807, 2.05) is 12.1 Å². The molecule has 3 aromatic rings. The summed E-state index contributed by atoms with van der Waals surface area (Å²) in [4.78, 5) is 27.4. The van der Waals surface area contributed by atoms with Gasteiger partial charge in [-0.1, -0.05) is 12.1 Å². The Hall–Kier alpha value is -3.48. The number of hydrogen-bond donors (Lipinski definition) is 3. The highest BCUT2D eigenvalue weighted by atomic mass is 19.4. The van der Waals surface area contributed by atoms with Crippen LogP contribution < -0.4 is 5.48 Å². The number of amides is 1. The number of carboxylic acid groups (broad SMARTS) is 1. The van der Waals surface area contributed by atoms with E-state index in [4.69, 9.17) is 24.3 Å². The average molecular weight is 495 g/mol. The molecule has 12 heteroatoms. The molecule has 1 saturated heterocycles. The maximum atomic E-state index is 11.6. The van der Waals surface area contributed by atoms with E-state index in [1.165, 1.54) is 5.56 Å². The third-order valence-electron chi connectivity index (χ3n) is 5.07. The number of fused-ring (bicyclic) bond motifs is 1. The lowest BCUT2D eigenvalue weighted by molar-refractivity contribution is -0.192. The largest absolute Gasteiger partial charge is 0.490 e. The molecule has 2 heterocycles. The molecule has 0 aliphatic carbocycles. The van der Waals surface area contributed by atoms with E-state index in [-0.39, 0.29) is 12.2 Å². The number of halogens is 3. The van der Waals surface area contributed by atoms with Crippen LogP contribution in [0.3, 0.4) is 0 Å². The molecule has 2 aromatic carbocycles. The van der Waals surface area contributed by atoms with Gasteiger partial charge >= 0.3 is 12.1 Å². The smallest absolute Gasteiger partial charge is 0.475 e. The van der Waals surface area contributed by atoms with Crippen molar-refractivity contribution in [1.82, 2.24) is 15.4 Å². The monoisotopic (exact) mass is 495 g/mol. The fourth-order valence-electron chi connectivity index (χ4n) is 3.73. The zero-order valence-electron chi connectivity index (χ0n) is 18.9. The van der Waals surface area contributed by atoms with Gasteiger partial charge in [0.25, 0.3) is 5.91 Å². The molecule has 1 fully saturated rings. The van der Waals surface area contributed by atoms with E-state index >= 15 is 0 Å². The second kappa shape index (κ2) is 10.8. The summed E-state index contributed by atoms with van der Waals surface area (Å²) in [6, 6.07) is 13.0. The van der Waals surface area contributed by atoms with Crippen molar-refractivity contribution in [3.8, 4) is 11.5 Å². The van der Waals surface area contributed by atoms with Crippen molar-refractivity contribution < 1.29 is 42.2 Å². The minimum atomic E-state index is -5.08. The number of aliphatic carboxylic acids is 1. The van der Waals surface area contributed by atoms with Crippen LogP contribution in [0.15, 0.2) is 46.9 Å². The summed E-state index contributed by atoms with van der Waals surface area (Å²) in [5.74, 6) is -2.84. The first-order valence-corrected chi connectivity index (χ1v) is 10.6. The molecular weight excluding hydrogens is 471 g/mol. The van der Waals surface area contributed by atoms with Gasteiger partial charge in [-0.3, -0.25) is 14.9 Å². The van der Waals surface area contributed by atoms with Crippen molar-refractivity contribution in [2.45, 2.75) is 38.8 Å². The van der Waals surface area contributed by atoms with Crippen molar-refractivity contribution in [3.63, 3.8) is 0 Å².